The van der Waals surface area contributed by atoms with E-state index in [0.29, 0.717) is 29.7 Å². The number of hydrogen-bond donors (Lipinski definition) is 1. The molecule has 1 N–H and O–H groups in total. The lowest BCUT2D eigenvalue weighted by atomic mass is 10.1. The van der Waals surface area contributed by atoms with Gasteiger partial charge in [0.2, 0.25) is 5.91 Å². The number of nitrogens with zero attached hydrogens (tertiary/aromatic N) is 1. The highest BCUT2D eigenvalue weighted by atomic mass is 35.5. The molecule has 1 atom stereocenters. The Bertz CT molecular complexity index is 603. The number of fused-ring (bicyclic) bond motifs is 1. The second-order valence-corrected chi connectivity index (χ2v) is 5.85. The summed E-state index contributed by atoms with van der Waals surface area (Å²) >= 11 is 6.19. The Kier molecular flexibility index (Phi) is 4.55. The van der Waals surface area contributed by atoms with Crippen molar-refractivity contribution in [3.63, 3.8) is 0 Å². The number of carbonyl (C=O) groups is 1. The van der Waals surface area contributed by atoms with Crippen LogP contribution in [-0.2, 0) is 4.79 Å². The van der Waals surface area contributed by atoms with E-state index in [4.69, 9.17) is 21.1 Å². The maximum atomic E-state index is 12.3. The predicted octanol–water partition coefficient (Wildman–Crippen LogP) is 1.94. The van der Waals surface area contributed by atoms with Crippen LogP contribution in [0.25, 0.3) is 6.08 Å². The summed E-state index contributed by atoms with van der Waals surface area (Å²) in [6.07, 6.45) is 3.35. The average molecular weight is 323 g/mol. The van der Waals surface area contributed by atoms with Gasteiger partial charge in [0.1, 0.15) is 13.2 Å². The Morgan fingerprint density at radius 3 is 3.05 bits per heavy atom. The van der Waals surface area contributed by atoms with Crippen LogP contribution in [0.4, 0.5) is 0 Å². The van der Waals surface area contributed by atoms with Crippen LogP contribution in [0.3, 0.4) is 0 Å². The van der Waals surface area contributed by atoms with Crippen LogP contribution in [0.1, 0.15) is 12.5 Å². The van der Waals surface area contributed by atoms with Crippen molar-refractivity contribution < 1.29 is 14.3 Å². The number of piperazine rings is 1. The Hall–Kier alpha value is -1.72. The smallest absolute Gasteiger partial charge is 0.246 e. The highest BCUT2D eigenvalue weighted by Gasteiger charge is 2.21. The number of nitrogens with one attached hydrogen (secondary N) is 1. The molecule has 1 aromatic rings. The third-order valence-electron chi connectivity index (χ3n) is 3.82. The largest absolute Gasteiger partial charge is 0.486 e. The molecule has 1 unspecified atom stereocenters. The topological polar surface area (TPSA) is 50.8 Å². The lowest BCUT2D eigenvalue weighted by molar-refractivity contribution is -0.128. The van der Waals surface area contributed by atoms with Crippen molar-refractivity contribution in [3.8, 4) is 11.5 Å². The van der Waals surface area contributed by atoms with Crippen molar-refractivity contribution in [2.45, 2.75) is 13.0 Å². The van der Waals surface area contributed by atoms with Crippen LogP contribution in [0.2, 0.25) is 5.02 Å². The zero-order chi connectivity index (χ0) is 15.5. The highest BCUT2D eigenvalue weighted by molar-refractivity contribution is 6.32. The summed E-state index contributed by atoms with van der Waals surface area (Å²) in [6.45, 7) is 5.44. The number of rotatable bonds is 2. The molecular weight excluding hydrogens is 304 g/mol. The van der Waals surface area contributed by atoms with Gasteiger partial charge in [0.15, 0.2) is 11.5 Å². The van der Waals surface area contributed by atoms with E-state index in [9.17, 15) is 4.79 Å². The Morgan fingerprint density at radius 2 is 2.23 bits per heavy atom. The van der Waals surface area contributed by atoms with E-state index in [2.05, 4.69) is 5.32 Å². The first-order valence-corrected chi connectivity index (χ1v) is 7.81. The van der Waals surface area contributed by atoms with E-state index in [1.54, 1.807) is 18.2 Å². The molecule has 2 aliphatic rings. The second kappa shape index (κ2) is 6.58. The summed E-state index contributed by atoms with van der Waals surface area (Å²) in [4.78, 5) is 14.1. The minimum absolute atomic E-state index is 0.0139. The fourth-order valence-corrected chi connectivity index (χ4v) is 2.93. The second-order valence-electron chi connectivity index (χ2n) is 5.45. The molecule has 118 valence electrons. The molecule has 6 heteroatoms. The van der Waals surface area contributed by atoms with Crippen LogP contribution in [0.15, 0.2) is 18.2 Å². The quantitative estimate of drug-likeness (QED) is 0.846. The van der Waals surface area contributed by atoms with Crippen molar-refractivity contribution >= 4 is 23.6 Å². The number of ether oxygens (including phenoxy) is 2. The molecule has 0 aromatic heterocycles. The zero-order valence-corrected chi connectivity index (χ0v) is 13.2. The standard InChI is InChI=1S/C16H19ClN2O3/c1-11-10-18-4-5-19(11)15(20)3-2-12-8-13(17)16-14(9-12)21-6-7-22-16/h2-3,8-9,11,18H,4-7,10H2,1H3. The minimum atomic E-state index is 0.0139. The molecule has 3 rings (SSSR count). The zero-order valence-electron chi connectivity index (χ0n) is 12.5. The van der Waals surface area contributed by atoms with Crippen molar-refractivity contribution in [2.24, 2.45) is 0 Å². The molecule has 2 heterocycles. The Labute approximate surface area is 134 Å². The Balaban J connectivity index is 1.75. The van der Waals surface area contributed by atoms with Gasteiger partial charge in [-0.2, -0.15) is 0 Å². The van der Waals surface area contributed by atoms with Crippen molar-refractivity contribution in [1.29, 1.82) is 0 Å². The van der Waals surface area contributed by atoms with E-state index < -0.39 is 0 Å². The number of carbonyl (C=O) groups excluding carboxylic acids is 1. The molecule has 0 bridgehead atoms. The van der Waals surface area contributed by atoms with Gasteiger partial charge in [-0.3, -0.25) is 4.79 Å². The molecule has 1 saturated heterocycles. The first-order valence-electron chi connectivity index (χ1n) is 7.43. The van der Waals surface area contributed by atoms with Crippen molar-refractivity contribution in [3.05, 3.63) is 28.8 Å². The molecule has 2 aliphatic heterocycles. The molecule has 1 fully saturated rings. The molecular formula is C16H19ClN2O3. The summed E-state index contributed by atoms with van der Waals surface area (Å²) in [5.74, 6) is 1.22. The first kappa shape index (κ1) is 15.2. The molecule has 0 radical (unpaired) electrons. The third kappa shape index (κ3) is 3.20. The van der Waals surface area contributed by atoms with Gasteiger partial charge in [0, 0.05) is 31.8 Å². The molecule has 5 nitrogen and oxygen atoms in total. The van der Waals surface area contributed by atoms with Gasteiger partial charge in [-0.15, -0.1) is 0 Å². The van der Waals surface area contributed by atoms with E-state index in [0.717, 1.165) is 25.2 Å². The number of benzene rings is 1. The van der Waals surface area contributed by atoms with Crippen LogP contribution in [0, 0.1) is 0 Å². The monoisotopic (exact) mass is 322 g/mol. The maximum Gasteiger partial charge on any atom is 0.246 e. The number of hydrogen-bond acceptors (Lipinski definition) is 4. The van der Waals surface area contributed by atoms with Gasteiger partial charge in [0.05, 0.1) is 5.02 Å². The number of amides is 1. The van der Waals surface area contributed by atoms with Gasteiger partial charge in [-0.25, -0.2) is 0 Å². The Morgan fingerprint density at radius 1 is 1.41 bits per heavy atom. The van der Waals surface area contributed by atoms with Crippen LogP contribution in [0.5, 0.6) is 11.5 Å². The molecule has 0 spiro atoms. The first-order chi connectivity index (χ1) is 10.6. The molecule has 0 aliphatic carbocycles. The van der Waals surface area contributed by atoms with Crippen LogP contribution in [-0.4, -0.2) is 49.7 Å². The van der Waals surface area contributed by atoms with Crippen LogP contribution >= 0.6 is 11.6 Å². The molecule has 22 heavy (non-hydrogen) atoms. The van der Waals surface area contributed by atoms with Gasteiger partial charge in [-0.1, -0.05) is 11.6 Å². The van der Waals surface area contributed by atoms with Crippen molar-refractivity contribution in [2.75, 3.05) is 32.8 Å². The van der Waals surface area contributed by atoms with Gasteiger partial charge >= 0.3 is 0 Å². The van der Waals surface area contributed by atoms with E-state index in [1.807, 2.05) is 17.9 Å². The summed E-state index contributed by atoms with van der Waals surface area (Å²) in [6, 6.07) is 3.82. The van der Waals surface area contributed by atoms with E-state index >= 15 is 0 Å². The maximum absolute atomic E-state index is 12.3. The molecule has 1 aromatic carbocycles. The summed E-state index contributed by atoms with van der Waals surface area (Å²) in [5.41, 5.74) is 0.824. The van der Waals surface area contributed by atoms with Gasteiger partial charge < -0.3 is 19.7 Å². The lowest BCUT2D eigenvalue weighted by Gasteiger charge is -2.33. The van der Waals surface area contributed by atoms with E-state index in [1.165, 1.54) is 0 Å². The van der Waals surface area contributed by atoms with E-state index in [-0.39, 0.29) is 11.9 Å². The average Bonchev–Trinajstić information content (AvgIpc) is 2.53. The fraction of sp³-hybridized carbons (Fsp3) is 0.438. The summed E-state index contributed by atoms with van der Waals surface area (Å²) in [7, 11) is 0. The molecule has 1 amide bonds. The van der Waals surface area contributed by atoms with Gasteiger partial charge in [-0.05, 0) is 30.7 Å². The third-order valence-corrected chi connectivity index (χ3v) is 4.10. The molecule has 0 saturated carbocycles. The fourth-order valence-electron chi connectivity index (χ4n) is 2.66. The highest BCUT2D eigenvalue weighted by Crippen LogP contribution is 2.38. The predicted molar refractivity (Wildman–Crippen MR) is 85.5 cm³/mol. The van der Waals surface area contributed by atoms with Crippen LogP contribution < -0.4 is 14.8 Å². The number of halogens is 1. The van der Waals surface area contributed by atoms with Crippen molar-refractivity contribution in [1.82, 2.24) is 10.2 Å². The normalized spacial score (nSPS) is 21.2. The lowest BCUT2D eigenvalue weighted by Crippen LogP contribution is -2.51. The van der Waals surface area contributed by atoms with Gasteiger partial charge in [0.25, 0.3) is 0 Å². The summed E-state index contributed by atoms with van der Waals surface area (Å²) in [5, 5.41) is 3.77. The SMILES string of the molecule is CC1CNCCN1C(=O)C=Cc1cc(Cl)c2c(c1)OCCO2. The summed E-state index contributed by atoms with van der Waals surface area (Å²) < 4.78 is 11.0. The minimum Gasteiger partial charge on any atom is -0.486 e.